The van der Waals surface area contributed by atoms with Crippen LogP contribution in [0.25, 0.3) is 0 Å². The maximum atomic E-state index is 12.6. The average molecular weight is 397 g/mol. The van der Waals surface area contributed by atoms with Crippen LogP contribution in [0.3, 0.4) is 0 Å². The molecule has 0 aliphatic carbocycles. The second-order valence-electron chi connectivity index (χ2n) is 5.85. The minimum absolute atomic E-state index is 0.0622. The van der Waals surface area contributed by atoms with E-state index < -0.39 is 16.1 Å². The number of hydrogen-bond donors (Lipinski definition) is 1. The normalized spacial score (nSPS) is 16.9. The van der Waals surface area contributed by atoms with Gasteiger partial charge < -0.3 is 19.5 Å². The van der Waals surface area contributed by atoms with Crippen molar-refractivity contribution >= 4 is 21.8 Å². The first-order valence-electron chi connectivity index (χ1n) is 8.06. The van der Waals surface area contributed by atoms with Crippen molar-refractivity contribution in [2.24, 2.45) is 4.40 Å². The zero-order valence-electron chi connectivity index (χ0n) is 15.8. The lowest BCUT2D eigenvalue weighted by atomic mass is 10.1. The number of hydrogen-bond acceptors (Lipinski definition) is 6. The van der Waals surface area contributed by atoms with Gasteiger partial charge in [0.15, 0.2) is 0 Å². The number of methoxy groups -OCH3 is 3. The molecule has 0 saturated heterocycles. The largest absolute Gasteiger partial charge is 0.497 e. The molecule has 0 saturated carbocycles. The fraction of sp³-hybridized carbons (Fsp3) is 0.412. The number of rotatable bonds is 7. The Labute approximate surface area is 158 Å². The molecule has 0 fully saturated rings. The second-order valence-corrected chi connectivity index (χ2v) is 7.47. The fourth-order valence-electron chi connectivity index (χ4n) is 2.50. The van der Waals surface area contributed by atoms with E-state index >= 15 is 0 Å². The Morgan fingerprint density at radius 2 is 1.96 bits per heavy atom. The molecule has 148 valence electrons. The van der Waals surface area contributed by atoms with E-state index in [0.29, 0.717) is 23.7 Å². The zero-order valence-corrected chi connectivity index (χ0v) is 16.7. The van der Waals surface area contributed by atoms with Gasteiger partial charge in [-0.05, 0) is 31.2 Å². The van der Waals surface area contributed by atoms with Crippen molar-refractivity contribution in [2.45, 2.75) is 13.0 Å². The molecule has 0 bridgehead atoms. The lowest BCUT2D eigenvalue weighted by molar-refractivity contribution is -0.119. The second kappa shape index (κ2) is 8.40. The summed E-state index contributed by atoms with van der Waals surface area (Å²) in [5.41, 5.74) is 0.407. The summed E-state index contributed by atoms with van der Waals surface area (Å²) in [6.45, 7) is 2.04. The van der Waals surface area contributed by atoms with Crippen molar-refractivity contribution < 1.29 is 27.4 Å². The summed E-state index contributed by atoms with van der Waals surface area (Å²) in [7, 11) is 1.65. The number of likely N-dealkylation sites (N-methyl/N-ethyl adjacent to an activating group) is 1. The highest BCUT2D eigenvalue weighted by atomic mass is 32.2. The lowest BCUT2D eigenvalue weighted by Crippen LogP contribution is -2.42. The van der Waals surface area contributed by atoms with Gasteiger partial charge in [0.1, 0.15) is 17.2 Å². The molecule has 1 amide bonds. The molecule has 1 aliphatic heterocycles. The molecule has 1 aromatic carbocycles. The Morgan fingerprint density at radius 3 is 2.56 bits per heavy atom. The van der Waals surface area contributed by atoms with E-state index in [1.165, 1.54) is 34.5 Å². The number of carbonyl (C=O) groups excluding carboxylic acids is 1. The SMILES string of the molecule is COCC(C)NC(=O)C1=CC(c2cc(OC)ccc2OC)=NS(=O)(=O)N1C. The number of benzene rings is 1. The number of nitrogens with one attached hydrogen (secondary N) is 1. The number of nitrogens with zero attached hydrogens (tertiary/aromatic N) is 2. The van der Waals surface area contributed by atoms with Crippen LogP contribution >= 0.6 is 0 Å². The lowest BCUT2D eigenvalue weighted by Gasteiger charge is -2.25. The third-order valence-electron chi connectivity index (χ3n) is 3.88. The zero-order chi connectivity index (χ0) is 20.2. The van der Waals surface area contributed by atoms with Crippen LogP contribution in [0.1, 0.15) is 12.5 Å². The van der Waals surface area contributed by atoms with E-state index in [2.05, 4.69) is 9.71 Å². The van der Waals surface area contributed by atoms with Crippen molar-refractivity contribution in [1.29, 1.82) is 0 Å². The molecule has 1 N–H and O–H groups in total. The Kier molecular flexibility index (Phi) is 6.45. The van der Waals surface area contributed by atoms with Crippen molar-refractivity contribution in [3.05, 3.63) is 35.5 Å². The van der Waals surface area contributed by atoms with E-state index in [1.807, 2.05) is 0 Å². The highest BCUT2D eigenvalue weighted by Gasteiger charge is 2.31. The topological polar surface area (TPSA) is 107 Å². The van der Waals surface area contributed by atoms with E-state index in [4.69, 9.17) is 14.2 Å². The van der Waals surface area contributed by atoms with Crippen LogP contribution in [0.15, 0.2) is 34.4 Å². The average Bonchev–Trinajstić information content (AvgIpc) is 2.63. The quantitative estimate of drug-likeness (QED) is 0.727. The van der Waals surface area contributed by atoms with Gasteiger partial charge in [0.2, 0.25) is 0 Å². The first kappa shape index (κ1) is 20.7. The summed E-state index contributed by atoms with van der Waals surface area (Å²) < 4.78 is 45.0. The van der Waals surface area contributed by atoms with Gasteiger partial charge in [0, 0.05) is 25.8 Å². The van der Waals surface area contributed by atoms with Gasteiger partial charge in [-0.3, -0.25) is 4.79 Å². The fourth-order valence-corrected chi connectivity index (χ4v) is 3.40. The maximum absolute atomic E-state index is 12.6. The van der Waals surface area contributed by atoms with Crippen molar-refractivity contribution in [3.8, 4) is 11.5 Å². The molecule has 0 radical (unpaired) electrons. The van der Waals surface area contributed by atoms with Crippen LogP contribution in [0.4, 0.5) is 0 Å². The van der Waals surface area contributed by atoms with Crippen LogP contribution in [-0.2, 0) is 19.7 Å². The molecule has 1 aromatic rings. The molecule has 10 heteroatoms. The Balaban J connectivity index is 2.51. The van der Waals surface area contributed by atoms with Gasteiger partial charge in [-0.15, -0.1) is 4.40 Å². The van der Waals surface area contributed by atoms with E-state index in [1.54, 1.807) is 25.1 Å². The standard InChI is InChI=1S/C17H23N3O6S/c1-11(10-24-3)18-17(21)15-9-14(19-27(22,23)20(15)2)13-8-12(25-4)6-7-16(13)26-5/h6-9,11H,10H2,1-5H3,(H,18,21). The highest BCUT2D eigenvalue weighted by Crippen LogP contribution is 2.28. The molecule has 2 rings (SSSR count). The molecule has 0 spiro atoms. The Morgan fingerprint density at radius 1 is 1.26 bits per heavy atom. The van der Waals surface area contributed by atoms with Gasteiger partial charge in [-0.1, -0.05) is 0 Å². The molecule has 1 unspecified atom stereocenters. The summed E-state index contributed by atoms with van der Waals surface area (Å²) in [5.74, 6) is 0.343. The molecular weight excluding hydrogens is 374 g/mol. The monoisotopic (exact) mass is 397 g/mol. The Bertz CT molecular complexity index is 879. The van der Waals surface area contributed by atoms with E-state index in [9.17, 15) is 13.2 Å². The van der Waals surface area contributed by atoms with Gasteiger partial charge >= 0.3 is 10.2 Å². The number of allylic oxidation sites excluding steroid dienone is 1. The van der Waals surface area contributed by atoms with Gasteiger partial charge in [0.05, 0.1) is 26.5 Å². The predicted molar refractivity (Wildman–Crippen MR) is 100 cm³/mol. The number of amides is 1. The summed E-state index contributed by atoms with van der Waals surface area (Å²) in [6, 6.07) is 4.61. The van der Waals surface area contributed by atoms with E-state index in [-0.39, 0.29) is 17.5 Å². The third kappa shape index (κ3) is 4.58. The summed E-state index contributed by atoms with van der Waals surface area (Å²) in [5, 5.41) is 2.69. The summed E-state index contributed by atoms with van der Waals surface area (Å²) in [4.78, 5) is 12.6. The van der Waals surface area contributed by atoms with Crippen LogP contribution in [0.5, 0.6) is 11.5 Å². The third-order valence-corrected chi connectivity index (χ3v) is 5.20. The molecule has 27 heavy (non-hydrogen) atoms. The van der Waals surface area contributed by atoms with Crippen molar-refractivity contribution in [2.75, 3.05) is 35.0 Å². The predicted octanol–water partition coefficient (Wildman–Crippen LogP) is 0.718. The molecule has 1 atom stereocenters. The maximum Gasteiger partial charge on any atom is 0.345 e. The van der Waals surface area contributed by atoms with Crippen LogP contribution in [-0.4, -0.2) is 65.4 Å². The molecule has 0 aromatic heterocycles. The van der Waals surface area contributed by atoms with Crippen LogP contribution in [0.2, 0.25) is 0 Å². The number of carbonyl (C=O) groups is 1. The van der Waals surface area contributed by atoms with Crippen LogP contribution < -0.4 is 14.8 Å². The summed E-state index contributed by atoms with van der Waals surface area (Å²) in [6.07, 6.45) is 1.40. The Hall–Kier alpha value is -2.59. The molecule has 9 nitrogen and oxygen atoms in total. The van der Waals surface area contributed by atoms with Gasteiger partial charge in [-0.2, -0.15) is 8.42 Å². The molecule has 1 heterocycles. The van der Waals surface area contributed by atoms with E-state index in [0.717, 1.165) is 4.31 Å². The summed E-state index contributed by atoms with van der Waals surface area (Å²) >= 11 is 0. The minimum Gasteiger partial charge on any atom is -0.497 e. The first-order valence-corrected chi connectivity index (χ1v) is 9.46. The highest BCUT2D eigenvalue weighted by molar-refractivity contribution is 7.88. The van der Waals surface area contributed by atoms with Crippen molar-refractivity contribution in [1.82, 2.24) is 9.62 Å². The van der Waals surface area contributed by atoms with Gasteiger partial charge in [-0.25, -0.2) is 4.31 Å². The van der Waals surface area contributed by atoms with Crippen LogP contribution in [0, 0.1) is 0 Å². The molecule has 1 aliphatic rings. The smallest absolute Gasteiger partial charge is 0.345 e. The first-order chi connectivity index (χ1) is 12.7. The number of ether oxygens (including phenoxy) is 3. The minimum atomic E-state index is -4.08. The van der Waals surface area contributed by atoms with Crippen molar-refractivity contribution in [3.63, 3.8) is 0 Å². The van der Waals surface area contributed by atoms with Gasteiger partial charge in [0.25, 0.3) is 5.91 Å². The molecular formula is C17H23N3O6S.